The van der Waals surface area contributed by atoms with Crippen LogP contribution in [0.25, 0.3) is 0 Å². The van der Waals surface area contributed by atoms with Crippen LogP contribution in [0.3, 0.4) is 0 Å². The molecule has 0 aromatic carbocycles. The van der Waals surface area contributed by atoms with E-state index in [0.717, 1.165) is 32.2 Å². The van der Waals surface area contributed by atoms with Gasteiger partial charge in [-0.2, -0.15) is 0 Å². The van der Waals surface area contributed by atoms with E-state index in [1.54, 1.807) is 0 Å². The fraction of sp³-hybridized carbons (Fsp3) is 0.875. The molecule has 1 amide bonds. The highest BCUT2D eigenvalue weighted by atomic mass is 16.2. The summed E-state index contributed by atoms with van der Waals surface area (Å²) in [5.74, 6) is -0.314. The number of carbonyl (C=O) groups excluding carboxylic acids is 1. The Kier molecular flexibility index (Phi) is 8.05. The van der Waals surface area contributed by atoms with Crippen molar-refractivity contribution in [2.45, 2.75) is 25.7 Å². The molecule has 0 heterocycles. The van der Waals surface area contributed by atoms with Gasteiger partial charge in [-0.25, -0.2) is 0 Å². The first-order chi connectivity index (χ1) is 5.77. The summed E-state index contributed by atoms with van der Waals surface area (Å²) in [4.78, 5) is 10.3. The van der Waals surface area contributed by atoms with Gasteiger partial charge in [-0.05, 0) is 19.4 Å². The number of amides is 1. The summed E-state index contributed by atoms with van der Waals surface area (Å²) < 4.78 is 0. The zero-order valence-electron chi connectivity index (χ0n) is 7.38. The maximum Gasteiger partial charge on any atom is 0.231 e. The van der Waals surface area contributed by atoms with Crippen molar-refractivity contribution in [2.75, 3.05) is 19.7 Å². The highest BCUT2D eigenvalue weighted by molar-refractivity contribution is 5.75. The summed E-state index contributed by atoms with van der Waals surface area (Å²) in [6.07, 6.45) is 4.05. The maximum atomic E-state index is 10.3. The Balaban J connectivity index is 2.86. The van der Waals surface area contributed by atoms with E-state index >= 15 is 0 Å². The highest BCUT2D eigenvalue weighted by Crippen LogP contribution is 1.96. The van der Waals surface area contributed by atoms with Crippen LogP contribution in [0.1, 0.15) is 25.7 Å². The molecule has 0 aliphatic carbocycles. The molecule has 0 fully saturated rings. The number of rotatable bonds is 8. The fourth-order valence-corrected chi connectivity index (χ4v) is 0.927. The monoisotopic (exact) mass is 174 g/mol. The van der Waals surface area contributed by atoms with E-state index in [-0.39, 0.29) is 19.1 Å². The van der Waals surface area contributed by atoms with Crippen molar-refractivity contribution in [3.05, 3.63) is 0 Å². The van der Waals surface area contributed by atoms with Crippen LogP contribution in [-0.4, -0.2) is 30.7 Å². The second-order valence-electron chi connectivity index (χ2n) is 2.78. The van der Waals surface area contributed by atoms with E-state index in [1.807, 2.05) is 0 Å². The van der Waals surface area contributed by atoms with Crippen molar-refractivity contribution in [2.24, 2.45) is 5.73 Å². The van der Waals surface area contributed by atoms with E-state index in [4.69, 9.17) is 10.8 Å². The maximum absolute atomic E-state index is 10.3. The standard InChI is InChI=1S/C8H18N2O2/c9-8(12)7-10-5-3-1-2-4-6-11/h10-11H,1-7H2,(H2,9,12). The Morgan fingerprint density at radius 3 is 2.50 bits per heavy atom. The lowest BCUT2D eigenvalue weighted by atomic mass is 10.2. The van der Waals surface area contributed by atoms with Gasteiger partial charge in [-0.15, -0.1) is 0 Å². The minimum Gasteiger partial charge on any atom is -0.396 e. The Hall–Kier alpha value is -0.610. The molecule has 0 spiro atoms. The van der Waals surface area contributed by atoms with Gasteiger partial charge in [0.1, 0.15) is 0 Å². The molecule has 0 bridgehead atoms. The normalized spacial score (nSPS) is 10.1. The number of unbranched alkanes of at least 4 members (excludes halogenated alkanes) is 3. The lowest BCUT2D eigenvalue weighted by Crippen LogP contribution is -2.29. The molecule has 0 saturated heterocycles. The van der Waals surface area contributed by atoms with Crippen LogP contribution in [0.4, 0.5) is 0 Å². The lowest BCUT2D eigenvalue weighted by molar-refractivity contribution is -0.117. The van der Waals surface area contributed by atoms with Crippen molar-refractivity contribution < 1.29 is 9.90 Å². The third kappa shape index (κ3) is 9.39. The quantitative estimate of drug-likeness (QED) is 0.439. The van der Waals surface area contributed by atoms with Crippen LogP contribution in [0, 0.1) is 0 Å². The number of aliphatic hydroxyl groups is 1. The Labute approximate surface area is 73.1 Å². The first-order valence-electron chi connectivity index (χ1n) is 4.37. The molecule has 0 rings (SSSR count). The number of primary amides is 1. The first-order valence-corrected chi connectivity index (χ1v) is 4.37. The molecule has 0 radical (unpaired) electrons. The van der Waals surface area contributed by atoms with Gasteiger partial charge in [-0.1, -0.05) is 12.8 Å². The van der Waals surface area contributed by atoms with Crippen LogP contribution in [0.15, 0.2) is 0 Å². The van der Waals surface area contributed by atoms with Gasteiger partial charge in [0.05, 0.1) is 6.54 Å². The number of aliphatic hydroxyl groups excluding tert-OH is 1. The molecule has 0 atom stereocenters. The second-order valence-corrected chi connectivity index (χ2v) is 2.78. The topological polar surface area (TPSA) is 75.4 Å². The largest absolute Gasteiger partial charge is 0.396 e. The van der Waals surface area contributed by atoms with Crippen molar-refractivity contribution >= 4 is 5.91 Å². The number of nitrogens with two attached hydrogens (primary N) is 1. The van der Waals surface area contributed by atoms with Crippen LogP contribution in [0.2, 0.25) is 0 Å². The minimum absolute atomic E-state index is 0.264. The number of carbonyl (C=O) groups is 1. The second kappa shape index (κ2) is 8.49. The molecule has 0 aromatic rings. The molecule has 72 valence electrons. The number of hydrogen-bond acceptors (Lipinski definition) is 3. The number of hydrogen-bond donors (Lipinski definition) is 3. The van der Waals surface area contributed by atoms with E-state index in [2.05, 4.69) is 5.32 Å². The highest BCUT2D eigenvalue weighted by Gasteiger charge is 1.92. The zero-order chi connectivity index (χ0) is 9.23. The average Bonchev–Trinajstić information content (AvgIpc) is 2.02. The van der Waals surface area contributed by atoms with Crippen molar-refractivity contribution in [3.8, 4) is 0 Å². The van der Waals surface area contributed by atoms with E-state index in [1.165, 1.54) is 0 Å². The van der Waals surface area contributed by atoms with Gasteiger partial charge in [-0.3, -0.25) is 4.79 Å². The molecular weight excluding hydrogens is 156 g/mol. The van der Waals surface area contributed by atoms with E-state index in [9.17, 15) is 4.79 Å². The summed E-state index contributed by atoms with van der Waals surface area (Å²) >= 11 is 0. The van der Waals surface area contributed by atoms with Crippen LogP contribution >= 0.6 is 0 Å². The average molecular weight is 174 g/mol. The van der Waals surface area contributed by atoms with Gasteiger partial charge in [0.2, 0.25) is 5.91 Å². The molecule has 0 aromatic heterocycles. The Bertz CT molecular complexity index is 118. The molecule has 0 aliphatic heterocycles. The fourth-order valence-electron chi connectivity index (χ4n) is 0.927. The smallest absolute Gasteiger partial charge is 0.231 e. The third-order valence-corrected chi connectivity index (χ3v) is 1.56. The Morgan fingerprint density at radius 1 is 1.25 bits per heavy atom. The molecule has 4 nitrogen and oxygen atoms in total. The SMILES string of the molecule is NC(=O)CNCCCCCCO. The molecule has 12 heavy (non-hydrogen) atoms. The summed E-state index contributed by atoms with van der Waals surface area (Å²) in [6.45, 7) is 1.36. The first kappa shape index (κ1) is 11.4. The van der Waals surface area contributed by atoms with Crippen molar-refractivity contribution in [1.82, 2.24) is 5.32 Å². The molecule has 0 aliphatic rings. The molecule has 4 heteroatoms. The molecule has 0 unspecified atom stereocenters. The lowest BCUT2D eigenvalue weighted by Gasteiger charge is -2.01. The Morgan fingerprint density at radius 2 is 1.92 bits per heavy atom. The van der Waals surface area contributed by atoms with Gasteiger partial charge in [0.25, 0.3) is 0 Å². The van der Waals surface area contributed by atoms with Gasteiger partial charge < -0.3 is 16.2 Å². The minimum atomic E-state index is -0.314. The molecule has 0 saturated carbocycles. The molecule has 4 N–H and O–H groups in total. The number of nitrogens with one attached hydrogen (secondary N) is 1. The van der Waals surface area contributed by atoms with Gasteiger partial charge in [0.15, 0.2) is 0 Å². The van der Waals surface area contributed by atoms with E-state index in [0.29, 0.717) is 0 Å². The third-order valence-electron chi connectivity index (χ3n) is 1.56. The van der Waals surface area contributed by atoms with Crippen LogP contribution in [-0.2, 0) is 4.79 Å². The molecular formula is C8H18N2O2. The summed E-state index contributed by atoms with van der Waals surface area (Å²) in [6, 6.07) is 0. The van der Waals surface area contributed by atoms with Gasteiger partial charge >= 0.3 is 0 Å². The van der Waals surface area contributed by atoms with Gasteiger partial charge in [0, 0.05) is 6.61 Å². The summed E-state index contributed by atoms with van der Waals surface area (Å²) in [5.41, 5.74) is 4.92. The van der Waals surface area contributed by atoms with Crippen molar-refractivity contribution in [1.29, 1.82) is 0 Å². The summed E-state index contributed by atoms with van der Waals surface area (Å²) in [7, 11) is 0. The summed E-state index contributed by atoms with van der Waals surface area (Å²) in [5, 5.41) is 11.4. The predicted octanol–water partition coefficient (Wildman–Crippen LogP) is -0.386. The van der Waals surface area contributed by atoms with Crippen LogP contribution in [0.5, 0.6) is 0 Å². The van der Waals surface area contributed by atoms with E-state index < -0.39 is 0 Å². The van der Waals surface area contributed by atoms with Crippen molar-refractivity contribution in [3.63, 3.8) is 0 Å². The predicted molar refractivity (Wildman–Crippen MR) is 47.6 cm³/mol. The zero-order valence-corrected chi connectivity index (χ0v) is 7.38. The van der Waals surface area contributed by atoms with Crippen LogP contribution < -0.4 is 11.1 Å².